The topological polar surface area (TPSA) is 66.4 Å². The normalized spacial score (nSPS) is 11.9. The van der Waals surface area contributed by atoms with Crippen LogP contribution in [0.4, 0.5) is 0 Å². The third-order valence-electron chi connectivity index (χ3n) is 1.89. The van der Waals surface area contributed by atoms with Gasteiger partial charge in [-0.3, -0.25) is 9.59 Å². The number of carbonyl (C=O) groups is 2. The molecule has 4 nitrogen and oxygen atoms in total. The molecule has 1 atom stereocenters. The highest BCUT2D eigenvalue weighted by Gasteiger charge is 2.16. The molecule has 0 aliphatic heterocycles. The third-order valence-corrected chi connectivity index (χ3v) is 3.02. The summed E-state index contributed by atoms with van der Waals surface area (Å²) in [5.74, 6) is -1.49. The Morgan fingerprint density at radius 1 is 1.50 bits per heavy atom. The second kappa shape index (κ2) is 5.49. The maximum Gasteiger partial charge on any atom is 0.325 e. The van der Waals surface area contributed by atoms with Gasteiger partial charge < -0.3 is 10.4 Å². The van der Waals surface area contributed by atoms with Crippen molar-refractivity contribution in [3.05, 3.63) is 32.4 Å². The average Bonchev–Trinajstić information content (AvgIpc) is 2.16. The lowest BCUT2D eigenvalue weighted by Gasteiger charge is -2.10. The fraction of sp³-hybridized carbons (Fsp3) is 0.200. The number of carboxylic acids is 1. The summed E-state index contributed by atoms with van der Waals surface area (Å²) in [5, 5.41) is 11.6. The summed E-state index contributed by atoms with van der Waals surface area (Å²) in [6.45, 7) is 1.41. The van der Waals surface area contributed by atoms with Crippen LogP contribution in [0, 0.1) is 3.57 Å². The molecule has 0 aromatic heterocycles. The van der Waals surface area contributed by atoms with E-state index in [0.29, 0.717) is 14.2 Å². The highest BCUT2D eigenvalue weighted by atomic mass is 127. The molecule has 0 heterocycles. The SMILES string of the molecule is CC(NC(=O)c1ccc(Cl)cc1I)C(=O)O. The summed E-state index contributed by atoms with van der Waals surface area (Å²) in [7, 11) is 0. The van der Waals surface area contributed by atoms with E-state index >= 15 is 0 Å². The number of halogens is 2. The third kappa shape index (κ3) is 3.34. The number of hydrogen-bond acceptors (Lipinski definition) is 2. The first-order chi connectivity index (χ1) is 7.41. The van der Waals surface area contributed by atoms with Crippen molar-refractivity contribution >= 4 is 46.1 Å². The van der Waals surface area contributed by atoms with Crippen molar-refractivity contribution in [3.8, 4) is 0 Å². The predicted octanol–water partition coefficient (Wildman–Crippen LogP) is 2.15. The standard InChI is InChI=1S/C10H9ClINO3/c1-5(10(15)16)13-9(14)7-3-2-6(11)4-8(7)12/h2-5H,1H3,(H,13,14)(H,15,16). The summed E-state index contributed by atoms with van der Waals surface area (Å²) in [6.07, 6.45) is 0. The number of carboxylic acid groups (broad SMARTS) is 1. The summed E-state index contributed by atoms with van der Waals surface area (Å²) in [6, 6.07) is 3.87. The molecule has 1 unspecified atom stereocenters. The Bertz CT molecular complexity index is 436. The Balaban J connectivity index is 2.85. The zero-order chi connectivity index (χ0) is 12.3. The van der Waals surface area contributed by atoms with Crippen LogP contribution in [0.1, 0.15) is 17.3 Å². The van der Waals surface area contributed by atoms with Gasteiger partial charge in [-0.2, -0.15) is 0 Å². The first kappa shape index (κ1) is 13.2. The number of hydrogen-bond donors (Lipinski definition) is 2. The highest BCUT2D eigenvalue weighted by molar-refractivity contribution is 14.1. The molecular weight excluding hydrogens is 344 g/mol. The molecule has 0 saturated heterocycles. The molecule has 86 valence electrons. The zero-order valence-electron chi connectivity index (χ0n) is 8.33. The number of benzene rings is 1. The Hall–Kier alpha value is -0.820. The first-order valence-electron chi connectivity index (χ1n) is 4.40. The smallest absolute Gasteiger partial charge is 0.325 e. The largest absolute Gasteiger partial charge is 0.480 e. The molecule has 1 aromatic rings. The van der Waals surface area contributed by atoms with E-state index in [1.165, 1.54) is 6.92 Å². The van der Waals surface area contributed by atoms with Crippen LogP contribution in [-0.4, -0.2) is 23.0 Å². The summed E-state index contributed by atoms with van der Waals surface area (Å²) in [4.78, 5) is 22.2. The van der Waals surface area contributed by atoms with Crippen molar-refractivity contribution in [1.29, 1.82) is 0 Å². The molecule has 6 heteroatoms. The lowest BCUT2D eigenvalue weighted by atomic mass is 10.2. The maximum absolute atomic E-state index is 11.7. The van der Waals surface area contributed by atoms with Gasteiger partial charge >= 0.3 is 5.97 Å². The second-order valence-electron chi connectivity index (χ2n) is 3.16. The van der Waals surface area contributed by atoms with Gasteiger partial charge in [-0.25, -0.2) is 0 Å². The summed E-state index contributed by atoms with van der Waals surface area (Å²) >= 11 is 7.72. The van der Waals surface area contributed by atoms with E-state index in [-0.39, 0.29) is 0 Å². The van der Waals surface area contributed by atoms with Crippen molar-refractivity contribution in [2.24, 2.45) is 0 Å². The van der Waals surface area contributed by atoms with Gasteiger partial charge in [0.05, 0.1) is 5.56 Å². The first-order valence-corrected chi connectivity index (χ1v) is 5.86. The van der Waals surface area contributed by atoms with Crippen LogP contribution < -0.4 is 5.32 Å². The fourth-order valence-electron chi connectivity index (χ4n) is 1.01. The molecule has 0 aliphatic rings. The van der Waals surface area contributed by atoms with E-state index in [1.807, 2.05) is 22.6 Å². The average molecular weight is 354 g/mol. The molecule has 0 saturated carbocycles. The maximum atomic E-state index is 11.7. The molecule has 0 radical (unpaired) electrons. The zero-order valence-corrected chi connectivity index (χ0v) is 11.2. The number of nitrogens with one attached hydrogen (secondary N) is 1. The Morgan fingerprint density at radius 3 is 2.62 bits per heavy atom. The van der Waals surface area contributed by atoms with Crippen LogP contribution in [0.5, 0.6) is 0 Å². The Kier molecular flexibility index (Phi) is 4.55. The van der Waals surface area contributed by atoms with Gasteiger partial charge in [0.15, 0.2) is 0 Å². The van der Waals surface area contributed by atoms with E-state index in [9.17, 15) is 9.59 Å². The van der Waals surface area contributed by atoms with Crippen LogP contribution >= 0.6 is 34.2 Å². The Labute approximate surface area is 111 Å². The van der Waals surface area contributed by atoms with E-state index in [4.69, 9.17) is 16.7 Å². The molecule has 1 aromatic carbocycles. The van der Waals surface area contributed by atoms with Crippen molar-refractivity contribution < 1.29 is 14.7 Å². The molecule has 2 N–H and O–H groups in total. The molecule has 16 heavy (non-hydrogen) atoms. The number of aliphatic carboxylic acids is 1. The molecule has 0 aliphatic carbocycles. The van der Waals surface area contributed by atoms with Crippen molar-refractivity contribution in [1.82, 2.24) is 5.32 Å². The van der Waals surface area contributed by atoms with Gasteiger partial charge in [-0.1, -0.05) is 11.6 Å². The van der Waals surface area contributed by atoms with Crippen molar-refractivity contribution in [3.63, 3.8) is 0 Å². The fourth-order valence-corrected chi connectivity index (χ4v) is 2.13. The van der Waals surface area contributed by atoms with Crippen molar-refractivity contribution in [2.75, 3.05) is 0 Å². The van der Waals surface area contributed by atoms with Crippen LogP contribution in [0.2, 0.25) is 5.02 Å². The van der Waals surface area contributed by atoms with Gasteiger partial charge in [0.25, 0.3) is 5.91 Å². The van der Waals surface area contributed by atoms with Gasteiger partial charge in [-0.05, 0) is 47.7 Å². The van der Waals surface area contributed by atoms with Gasteiger partial charge in [0.2, 0.25) is 0 Å². The molecule has 1 amide bonds. The molecule has 0 spiro atoms. The lowest BCUT2D eigenvalue weighted by Crippen LogP contribution is -2.38. The van der Waals surface area contributed by atoms with E-state index in [2.05, 4.69) is 5.32 Å². The van der Waals surface area contributed by atoms with Gasteiger partial charge in [0.1, 0.15) is 6.04 Å². The molecule has 0 bridgehead atoms. The molecule has 0 fully saturated rings. The second-order valence-corrected chi connectivity index (χ2v) is 4.76. The van der Waals surface area contributed by atoms with Gasteiger partial charge in [0, 0.05) is 8.59 Å². The van der Waals surface area contributed by atoms with Crippen LogP contribution in [0.25, 0.3) is 0 Å². The van der Waals surface area contributed by atoms with E-state index in [0.717, 1.165) is 0 Å². The van der Waals surface area contributed by atoms with Gasteiger partial charge in [-0.15, -0.1) is 0 Å². The molecule has 1 rings (SSSR count). The molecular formula is C10H9ClINO3. The lowest BCUT2D eigenvalue weighted by molar-refractivity contribution is -0.138. The highest BCUT2D eigenvalue weighted by Crippen LogP contribution is 2.17. The van der Waals surface area contributed by atoms with E-state index < -0.39 is 17.9 Å². The van der Waals surface area contributed by atoms with Crippen LogP contribution in [0.15, 0.2) is 18.2 Å². The predicted molar refractivity (Wildman–Crippen MR) is 68.7 cm³/mol. The number of amides is 1. The van der Waals surface area contributed by atoms with E-state index in [1.54, 1.807) is 18.2 Å². The summed E-state index contributed by atoms with van der Waals surface area (Å²) in [5.41, 5.74) is 0.415. The minimum Gasteiger partial charge on any atom is -0.480 e. The summed E-state index contributed by atoms with van der Waals surface area (Å²) < 4.78 is 0.681. The number of rotatable bonds is 3. The Morgan fingerprint density at radius 2 is 2.12 bits per heavy atom. The minimum atomic E-state index is -1.07. The minimum absolute atomic E-state index is 0.415. The van der Waals surface area contributed by atoms with Crippen LogP contribution in [-0.2, 0) is 4.79 Å². The number of carbonyl (C=O) groups excluding carboxylic acids is 1. The quantitative estimate of drug-likeness (QED) is 0.818. The van der Waals surface area contributed by atoms with Crippen LogP contribution in [0.3, 0.4) is 0 Å². The monoisotopic (exact) mass is 353 g/mol. The van der Waals surface area contributed by atoms with Crippen molar-refractivity contribution in [2.45, 2.75) is 13.0 Å².